The monoisotopic (exact) mass is 137 g/mol. The molecule has 3 nitrogen and oxygen atoms in total. The lowest BCUT2D eigenvalue weighted by molar-refractivity contribution is 0.449. The van der Waals surface area contributed by atoms with Crippen molar-refractivity contribution in [3.8, 4) is 0 Å². The largest absolute Gasteiger partial charge is 0.318 e. The van der Waals surface area contributed by atoms with Crippen LogP contribution in [-0.4, -0.2) is 17.4 Å². The molecular formula is C7H11N3. The van der Waals surface area contributed by atoms with Crippen LogP contribution in [0.2, 0.25) is 0 Å². The van der Waals surface area contributed by atoms with Crippen LogP contribution in [0.5, 0.6) is 0 Å². The fourth-order valence-corrected chi connectivity index (χ4v) is 0.910. The van der Waals surface area contributed by atoms with E-state index in [2.05, 4.69) is 0 Å². The highest BCUT2D eigenvalue weighted by molar-refractivity contribution is 5.56. The summed E-state index contributed by atoms with van der Waals surface area (Å²) in [5.74, 6) is 0. The summed E-state index contributed by atoms with van der Waals surface area (Å²) in [5, 5.41) is 7.00. The first-order valence-electron chi connectivity index (χ1n) is 3.15. The smallest absolute Gasteiger partial charge is 0.102 e. The zero-order chi connectivity index (χ0) is 7.56. The maximum atomic E-state index is 7.00. The van der Waals surface area contributed by atoms with Gasteiger partial charge in [-0.05, 0) is 19.1 Å². The molecular weight excluding hydrogens is 126 g/mol. The molecule has 1 aliphatic heterocycles. The van der Waals surface area contributed by atoms with Crippen LogP contribution in [0.4, 0.5) is 0 Å². The molecule has 3 heteroatoms. The Morgan fingerprint density at radius 3 is 2.90 bits per heavy atom. The Hall–Kier alpha value is -1.09. The number of nitrogens with zero attached hydrogens (tertiary/aromatic N) is 1. The van der Waals surface area contributed by atoms with E-state index in [0.29, 0.717) is 0 Å². The molecule has 54 valence electrons. The van der Waals surface area contributed by atoms with Gasteiger partial charge in [0.05, 0.1) is 6.34 Å². The first-order valence-corrected chi connectivity index (χ1v) is 3.15. The van der Waals surface area contributed by atoms with E-state index in [1.807, 2.05) is 25.2 Å². The van der Waals surface area contributed by atoms with Crippen molar-refractivity contribution >= 4 is 6.34 Å². The Morgan fingerprint density at radius 2 is 2.50 bits per heavy atom. The molecule has 0 aliphatic carbocycles. The Kier molecular flexibility index (Phi) is 1.87. The SMILES string of the molecule is CC1=CC=CC(N)N1C=N. The Labute approximate surface area is 60.3 Å². The molecule has 10 heavy (non-hydrogen) atoms. The summed E-state index contributed by atoms with van der Waals surface area (Å²) in [4.78, 5) is 1.69. The van der Waals surface area contributed by atoms with Crippen LogP contribution in [0.15, 0.2) is 23.9 Å². The van der Waals surface area contributed by atoms with Gasteiger partial charge in [0.2, 0.25) is 0 Å². The summed E-state index contributed by atoms with van der Waals surface area (Å²) < 4.78 is 0. The summed E-state index contributed by atoms with van der Waals surface area (Å²) in [6.45, 7) is 1.92. The van der Waals surface area contributed by atoms with Crippen molar-refractivity contribution < 1.29 is 0 Å². The molecule has 0 aromatic carbocycles. The van der Waals surface area contributed by atoms with Gasteiger partial charge in [0.15, 0.2) is 0 Å². The van der Waals surface area contributed by atoms with E-state index in [1.165, 1.54) is 6.34 Å². The highest BCUT2D eigenvalue weighted by Crippen LogP contribution is 2.08. The van der Waals surface area contributed by atoms with Gasteiger partial charge in [-0.2, -0.15) is 0 Å². The van der Waals surface area contributed by atoms with Gasteiger partial charge < -0.3 is 10.6 Å². The van der Waals surface area contributed by atoms with Crippen molar-refractivity contribution in [2.45, 2.75) is 13.1 Å². The lowest BCUT2D eigenvalue weighted by Gasteiger charge is -2.26. The lowest BCUT2D eigenvalue weighted by Crippen LogP contribution is -2.39. The molecule has 1 atom stereocenters. The minimum atomic E-state index is -0.164. The zero-order valence-electron chi connectivity index (χ0n) is 5.91. The van der Waals surface area contributed by atoms with Gasteiger partial charge in [0.1, 0.15) is 6.17 Å². The van der Waals surface area contributed by atoms with Gasteiger partial charge in [0.25, 0.3) is 0 Å². The van der Waals surface area contributed by atoms with Crippen molar-refractivity contribution in [1.29, 1.82) is 5.41 Å². The van der Waals surface area contributed by atoms with Crippen molar-refractivity contribution in [2.24, 2.45) is 5.73 Å². The van der Waals surface area contributed by atoms with Crippen LogP contribution in [0.3, 0.4) is 0 Å². The van der Waals surface area contributed by atoms with E-state index >= 15 is 0 Å². The van der Waals surface area contributed by atoms with E-state index in [4.69, 9.17) is 11.1 Å². The normalized spacial score (nSPS) is 24.4. The molecule has 1 unspecified atom stereocenters. The molecule has 0 fully saturated rings. The molecule has 0 radical (unpaired) electrons. The molecule has 0 saturated heterocycles. The second-order valence-electron chi connectivity index (χ2n) is 2.22. The van der Waals surface area contributed by atoms with Crippen LogP contribution >= 0.6 is 0 Å². The lowest BCUT2D eigenvalue weighted by atomic mass is 10.2. The summed E-state index contributed by atoms with van der Waals surface area (Å²) in [6, 6.07) is 0. The van der Waals surface area contributed by atoms with E-state index < -0.39 is 0 Å². The van der Waals surface area contributed by atoms with Crippen LogP contribution < -0.4 is 5.73 Å². The number of nitrogens with one attached hydrogen (secondary N) is 1. The van der Waals surface area contributed by atoms with E-state index in [9.17, 15) is 0 Å². The zero-order valence-corrected chi connectivity index (χ0v) is 5.91. The highest BCUT2D eigenvalue weighted by atomic mass is 15.2. The number of hydrogen-bond acceptors (Lipinski definition) is 2. The van der Waals surface area contributed by atoms with Gasteiger partial charge in [-0.15, -0.1) is 0 Å². The predicted octanol–water partition coefficient (Wildman–Crippen LogP) is 0.654. The summed E-state index contributed by atoms with van der Waals surface area (Å²) in [6.07, 6.45) is 6.74. The second kappa shape index (κ2) is 2.66. The van der Waals surface area contributed by atoms with Crippen LogP contribution in [0.25, 0.3) is 0 Å². The number of hydrogen-bond donors (Lipinski definition) is 2. The standard InChI is InChI=1S/C7H11N3/c1-6-3-2-4-7(9)10(6)5-8/h2-5,7-8H,9H2,1H3. The number of nitrogens with two attached hydrogens (primary N) is 1. The summed E-state index contributed by atoms with van der Waals surface area (Å²) in [7, 11) is 0. The molecule has 1 aliphatic rings. The fraction of sp³-hybridized carbons (Fsp3) is 0.286. The third kappa shape index (κ3) is 1.09. The molecule has 0 spiro atoms. The van der Waals surface area contributed by atoms with E-state index in [0.717, 1.165) is 5.70 Å². The minimum Gasteiger partial charge on any atom is -0.318 e. The number of allylic oxidation sites excluding steroid dienone is 3. The Balaban J connectivity index is 2.80. The van der Waals surface area contributed by atoms with Gasteiger partial charge >= 0.3 is 0 Å². The third-order valence-electron chi connectivity index (χ3n) is 1.51. The summed E-state index contributed by atoms with van der Waals surface area (Å²) in [5.41, 5.74) is 6.63. The van der Waals surface area contributed by atoms with E-state index in [-0.39, 0.29) is 6.17 Å². The minimum absolute atomic E-state index is 0.164. The number of rotatable bonds is 1. The second-order valence-corrected chi connectivity index (χ2v) is 2.22. The van der Waals surface area contributed by atoms with Crippen LogP contribution in [0.1, 0.15) is 6.92 Å². The molecule has 0 bridgehead atoms. The van der Waals surface area contributed by atoms with Crippen molar-refractivity contribution in [2.75, 3.05) is 0 Å². The Bertz CT molecular complexity index is 193. The van der Waals surface area contributed by atoms with Crippen molar-refractivity contribution in [1.82, 2.24) is 4.90 Å². The first kappa shape index (κ1) is 7.02. The maximum absolute atomic E-state index is 7.00. The van der Waals surface area contributed by atoms with Crippen LogP contribution in [-0.2, 0) is 0 Å². The van der Waals surface area contributed by atoms with Crippen molar-refractivity contribution in [3.63, 3.8) is 0 Å². The molecule has 3 N–H and O–H groups in total. The molecule has 1 heterocycles. The molecule has 0 aromatic rings. The van der Waals surface area contributed by atoms with Gasteiger partial charge in [-0.1, -0.05) is 6.08 Å². The fourth-order valence-electron chi connectivity index (χ4n) is 0.910. The first-order chi connectivity index (χ1) is 4.75. The van der Waals surface area contributed by atoms with Crippen molar-refractivity contribution in [3.05, 3.63) is 23.9 Å². The topological polar surface area (TPSA) is 53.1 Å². The quantitative estimate of drug-likeness (QED) is 0.412. The van der Waals surface area contributed by atoms with Gasteiger partial charge in [-0.3, -0.25) is 5.41 Å². The molecule has 1 rings (SSSR count). The van der Waals surface area contributed by atoms with Crippen LogP contribution in [0, 0.1) is 5.41 Å². The Morgan fingerprint density at radius 1 is 1.80 bits per heavy atom. The van der Waals surface area contributed by atoms with Gasteiger partial charge in [0, 0.05) is 5.70 Å². The third-order valence-corrected chi connectivity index (χ3v) is 1.51. The summed E-state index contributed by atoms with van der Waals surface area (Å²) >= 11 is 0. The van der Waals surface area contributed by atoms with Gasteiger partial charge in [-0.25, -0.2) is 0 Å². The highest BCUT2D eigenvalue weighted by Gasteiger charge is 2.10. The average Bonchev–Trinajstić information content (AvgIpc) is 1.88. The molecule has 0 amide bonds. The predicted molar refractivity (Wildman–Crippen MR) is 41.5 cm³/mol. The average molecular weight is 137 g/mol. The molecule has 0 aromatic heterocycles. The maximum Gasteiger partial charge on any atom is 0.102 e. The molecule has 0 saturated carbocycles. The van der Waals surface area contributed by atoms with E-state index in [1.54, 1.807) is 4.90 Å².